The van der Waals surface area contributed by atoms with E-state index in [9.17, 15) is 4.39 Å². The summed E-state index contributed by atoms with van der Waals surface area (Å²) in [5, 5.41) is 4.96. The molecule has 0 aliphatic rings. The second kappa shape index (κ2) is 4.94. The highest BCUT2D eigenvalue weighted by Crippen LogP contribution is 2.18. The molecule has 94 valence electrons. The van der Waals surface area contributed by atoms with Crippen molar-refractivity contribution >= 4 is 22.8 Å². The number of para-hydroxylation sites is 1. The van der Waals surface area contributed by atoms with Gasteiger partial charge in [-0.05, 0) is 30.3 Å². The fraction of sp³-hybridized carbons (Fsp3) is 0. The third kappa shape index (κ3) is 2.47. The SMILES string of the molecule is Fc1cc(C=NNc2ccccc2)c2[nH]ccc2c1. The summed E-state index contributed by atoms with van der Waals surface area (Å²) >= 11 is 0. The molecule has 0 saturated heterocycles. The zero-order valence-electron chi connectivity index (χ0n) is 10.1. The highest BCUT2D eigenvalue weighted by atomic mass is 19.1. The molecule has 0 unspecified atom stereocenters. The van der Waals surface area contributed by atoms with Gasteiger partial charge >= 0.3 is 0 Å². The zero-order chi connectivity index (χ0) is 13.1. The number of fused-ring (bicyclic) bond motifs is 1. The molecule has 4 heteroatoms. The predicted octanol–water partition coefficient (Wildman–Crippen LogP) is 3.75. The number of hydrogen-bond donors (Lipinski definition) is 2. The molecule has 0 bridgehead atoms. The van der Waals surface area contributed by atoms with Gasteiger partial charge in [-0.15, -0.1) is 0 Å². The Morgan fingerprint density at radius 3 is 2.79 bits per heavy atom. The van der Waals surface area contributed by atoms with Crippen LogP contribution in [0.25, 0.3) is 10.9 Å². The van der Waals surface area contributed by atoms with Crippen LogP contribution in [0.4, 0.5) is 10.1 Å². The van der Waals surface area contributed by atoms with E-state index in [4.69, 9.17) is 0 Å². The number of H-pyrrole nitrogens is 1. The molecule has 0 fully saturated rings. The quantitative estimate of drug-likeness (QED) is 0.541. The lowest BCUT2D eigenvalue weighted by molar-refractivity contribution is 0.629. The van der Waals surface area contributed by atoms with Gasteiger partial charge in [0.25, 0.3) is 0 Å². The summed E-state index contributed by atoms with van der Waals surface area (Å²) in [6.07, 6.45) is 3.39. The van der Waals surface area contributed by atoms with Crippen molar-refractivity contribution in [2.24, 2.45) is 5.10 Å². The van der Waals surface area contributed by atoms with E-state index < -0.39 is 0 Å². The molecular formula is C15H12FN3. The molecule has 0 aliphatic carbocycles. The van der Waals surface area contributed by atoms with E-state index in [1.54, 1.807) is 12.4 Å². The first-order chi connectivity index (χ1) is 9.33. The lowest BCUT2D eigenvalue weighted by atomic mass is 10.1. The third-order valence-corrected chi connectivity index (χ3v) is 2.83. The maximum absolute atomic E-state index is 13.4. The molecule has 0 spiro atoms. The van der Waals surface area contributed by atoms with Crippen molar-refractivity contribution in [3.63, 3.8) is 0 Å². The zero-order valence-corrected chi connectivity index (χ0v) is 10.1. The Bertz CT molecular complexity index is 717. The molecule has 2 N–H and O–H groups in total. The molecule has 2 aromatic carbocycles. The molecule has 1 aromatic heterocycles. The number of hydrazone groups is 1. The first kappa shape index (κ1) is 11.5. The predicted molar refractivity (Wildman–Crippen MR) is 75.9 cm³/mol. The topological polar surface area (TPSA) is 40.2 Å². The molecule has 1 heterocycles. The fourth-order valence-electron chi connectivity index (χ4n) is 1.95. The van der Waals surface area contributed by atoms with E-state index in [0.717, 1.165) is 16.6 Å². The number of halogens is 1. The van der Waals surface area contributed by atoms with Gasteiger partial charge in [0.2, 0.25) is 0 Å². The Labute approximate surface area is 109 Å². The average Bonchev–Trinajstić information content (AvgIpc) is 2.88. The Morgan fingerprint density at radius 2 is 1.95 bits per heavy atom. The minimum absolute atomic E-state index is 0.270. The summed E-state index contributed by atoms with van der Waals surface area (Å²) < 4.78 is 13.4. The number of hydrogen-bond acceptors (Lipinski definition) is 2. The van der Waals surface area contributed by atoms with Crippen molar-refractivity contribution in [1.29, 1.82) is 0 Å². The van der Waals surface area contributed by atoms with E-state index >= 15 is 0 Å². The second-order valence-electron chi connectivity index (χ2n) is 4.17. The molecule has 3 nitrogen and oxygen atoms in total. The smallest absolute Gasteiger partial charge is 0.124 e. The normalized spacial score (nSPS) is 11.2. The largest absolute Gasteiger partial charge is 0.361 e. The van der Waals surface area contributed by atoms with Crippen LogP contribution in [0.5, 0.6) is 0 Å². The van der Waals surface area contributed by atoms with Gasteiger partial charge in [-0.2, -0.15) is 5.10 Å². The van der Waals surface area contributed by atoms with E-state index in [1.165, 1.54) is 12.1 Å². The Morgan fingerprint density at radius 1 is 1.11 bits per heavy atom. The third-order valence-electron chi connectivity index (χ3n) is 2.83. The Kier molecular flexibility index (Phi) is 2.98. The number of anilines is 1. The van der Waals surface area contributed by atoms with Gasteiger partial charge in [0.1, 0.15) is 5.82 Å². The number of aromatic amines is 1. The monoisotopic (exact) mass is 253 g/mol. The average molecular weight is 253 g/mol. The number of rotatable bonds is 3. The van der Waals surface area contributed by atoms with Gasteiger partial charge in [-0.3, -0.25) is 5.43 Å². The summed E-state index contributed by atoms with van der Waals surface area (Å²) in [4.78, 5) is 3.08. The van der Waals surface area contributed by atoms with Crippen LogP contribution in [0, 0.1) is 5.82 Å². The first-order valence-corrected chi connectivity index (χ1v) is 5.94. The fourth-order valence-corrected chi connectivity index (χ4v) is 1.95. The maximum Gasteiger partial charge on any atom is 0.124 e. The molecule has 0 atom stereocenters. The van der Waals surface area contributed by atoms with Crippen LogP contribution in [0.2, 0.25) is 0 Å². The van der Waals surface area contributed by atoms with Gasteiger partial charge in [-0.25, -0.2) is 4.39 Å². The number of benzene rings is 2. The Hall–Kier alpha value is -2.62. The van der Waals surface area contributed by atoms with Crippen molar-refractivity contribution in [3.05, 3.63) is 66.1 Å². The van der Waals surface area contributed by atoms with E-state index in [2.05, 4.69) is 15.5 Å². The van der Waals surface area contributed by atoms with Crippen molar-refractivity contribution in [2.45, 2.75) is 0 Å². The first-order valence-electron chi connectivity index (χ1n) is 5.94. The lowest BCUT2D eigenvalue weighted by Gasteiger charge is -2.00. The van der Waals surface area contributed by atoms with E-state index in [0.29, 0.717) is 5.56 Å². The molecular weight excluding hydrogens is 241 g/mol. The molecule has 0 radical (unpaired) electrons. The van der Waals surface area contributed by atoms with Crippen LogP contribution in [-0.2, 0) is 0 Å². The molecule has 3 aromatic rings. The number of aromatic nitrogens is 1. The van der Waals surface area contributed by atoms with Crippen molar-refractivity contribution in [1.82, 2.24) is 4.98 Å². The minimum atomic E-state index is -0.270. The minimum Gasteiger partial charge on any atom is -0.361 e. The maximum atomic E-state index is 13.4. The standard InChI is InChI=1S/C15H12FN3/c16-13-8-11-6-7-17-15(11)12(9-13)10-18-19-14-4-2-1-3-5-14/h1-10,17,19H. The van der Waals surface area contributed by atoms with Gasteiger partial charge in [0, 0.05) is 17.1 Å². The summed E-state index contributed by atoms with van der Waals surface area (Å²) in [6, 6.07) is 14.4. The van der Waals surface area contributed by atoms with Crippen LogP contribution in [0.1, 0.15) is 5.56 Å². The van der Waals surface area contributed by atoms with Gasteiger partial charge in [0.15, 0.2) is 0 Å². The summed E-state index contributed by atoms with van der Waals surface area (Å²) in [6.45, 7) is 0. The van der Waals surface area contributed by atoms with Gasteiger partial charge < -0.3 is 4.98 Å². The molecule has 19 heavy (non-hydrogen) atoms. The van der Waals surface area contributed by atoms with Crippen molar-refractivity contribution in [3.8, 4) is 0 Å². The van der Waals surface area contributed by atoms with E-state index in [-0.39, 0.29) is 5.82 Å². The van der Waals surface area contributed by atoms with Gasteiger partial charge in [-0.1, -0.05) is 18.2 Å². The Balaban J connectivity index is 1.87. The highest BCUT2D eigenvalue weighted by molar-refractivity contribution is 5.98. The molecule has 0 saturated carbocycles. The number of nitrogens with one attached hydrogen (secondary N) is 2. The van der Waals surface area contributed by atoms with Crippen LogP contribution in [0.15, 0.2) is 59.8 Å². The molecule has 0 amide bonds. The molecule has 3 rings (SSSR count). The van der Waals surface area contributed by atoms with Gasteiger partial charge in [0.05, 0.1) is 17.4 Å². The van der Waals surface area contributed by atoms with Crippen LogP contribution < -0.4 is 5.43 Å². The summed E-state index contributed by atoms with van der Waals surface area (Å²) in [5.41, 5.74) is 5.38. The number of nitrogens with zero attached hydrogens (tertiary/aromatic N) is 1. The van der Waals surface area contributed by atoms with Crippen LogP contribution >= 0.6 is 0 Å². The highest BCUT2D eigenvalue weighted by Gasteiger charge is 2.03. The molecule has 0 aliphatic heterocycles. The summed E-state index contributed by atoms with van der Waals surface area (Å²) in [5.74, 6) is -0.270. The van der Waals surface area contributed by atoms with Crippen LogP contribution in [0.3, 0.4) is 0 Å². The van der Waals surface area contributed by atoms with Crippen LogP contribution in [-0.4, -0.2) is 11.2 Å². The summed E-state index contributed by atoms with van der Waals surface area (Å²) in [7, 11) is 0. The van der Waals surface area contributed by atoms with Crippen molar-refractivity contribution in [2.75, 3.05) is 5.43 Å². The second-order valence-corrected chi connectivity index (χ2v) is 4.17. The van der Waals surface area contributed by atoms with Crippen molar-refractivity contribution < 1.29 is 4.39 Å². The van der Waals surface area contributed by atoms with E-state index in [1.807, 2.05) is 36.4 Å². The lowest BCUT2D eigenvalue weighted by Crippen LogP contribution is -1.92.